The van der Waals surface area contributed by atoms with Crippen molar-refractivity contribution >= 4 is 11.7 Å². The van der Waals surface area contributed by atoms with Crippen LogP contribution in [-0.4, -0.2) is 24.2 Å². The molecule has 4 atom stereocenters. The number of carbonyl (C=O) groups is 1. The second-order valence-corrected chi connectivity index (χ2v) is 7.21. The topological polar surface area (TPSA) is 40.5 Å². The Morgan fingerprint density at radius 1 is 1.24 bits per heavy atom. The molecular formula is C18H23NO2. The molecule has 2 fully saturated rings. The Hall–Kier alpha value is -1.51. The van der Waals surface area contributed by atoms with Gasteiger partial charge in [0.1, 0.15) is 0 Å². The van der Waals surface area contributed by atoms with Gasteiger partial charge in [-0.3, -0.25) is 4.79 Å². The number of carboxylic acids is 1. The van der Waals surface area contributed by atoms with Gasteiger partial charge in [0.25, 0.3) is 0 Å². The van der Waals surface area contributed by atoms with E-state index in [1.54, 1.807) is 0 Å². The van der Waals surface area contributed by atoms with Crippen LogP contribution in [0.15, 0.2) is 24.3 Å². The van der Waals surface area contributed by atoms with E-state index in [1.165, 1.54) is 36.9 Å². The Balaban J connectivity index is 1.57. The fourth-order valence-electron chi connectivity index (χ4n) is 4.91. The first-order valence-electron chi connectivity index (χ1n) is 8.26. The fraction of sp³-hybridized carbons (Fsp3) is 0.611. The van der Waals surface area contributed by atoms with E-state index in [9.17, 15) is 9.90 Å². The third kappa shape index (κ3) is 2.33. The molecule has 112 valence electrons. The number of para-hydroxylation sites is 1. The lowest BCUT2D eigenvalue weighted by atomic mass is 9.86. The Morgan fingerprint density at radius 2 is 2.10 bits per heavy atom. The lowest BCUT2D eigenvalue weighted by molar-refractivity contribution is -0.141. The lowest BCUT2D eigenvalue weighted by Gasteiger charge is -2.37. The number of benzene rings is 1. The molecule has 3 heteroatoms. The zero-order valence-corrected chi connectivity index (χ0v) is 12.4. The maximum Gasteiger partial charge on any atom is 0.308 e. The Labute approximate surface area is 126 Å². The molecule has 4 rings (SSSR count). The van der Waals surface area contributed by atoms with Crippen molar-refractivity contribution in [3.63, 3.8) is 0 Å². The summed E-state index contributed by atoms with van der Waals surface area (Å²) in [6.45, 7) is 1.74. The van der Waals surface area contributed by atoms with Crippen molar-refractivity contribution in [1.29, 1.82) is 0 Å². The van der Waals surface area contributed by atoms with Crippen molar-refractivity contribution in [2.45, 2.75) is 32.1 Å². The predicted molar refractivity (Wildman–Crippen MR) is 82.4 cm³/mol. The number of hydrogen-bond acceptors (Lipinski definition) is 2. The molecule has 1 aromatic rings. The lowest BCUT2D eigenvalue weighted by Crippen LogP contribution is -2.42. The number of carboxylic acid groups (broad SMARTS) is 1. The molecule has 2 saturated carbocycles. The maximum atomic E-state index is 11.4. The van der Waals surface area contributed by atoms with Crippen molar-refractivity contribution < 1.29 is 9.90 Å². The van der Waals surface area contributed by atoms with Crippen LogP contribution in [0.4, 0.5) is 5.69 Å². The summed E-state index contributed by atoms with van der Waals surface area (Å²) in [7, 11) is 0. The number of nitrogens with zero attached hydrogens (tertiary/aromatic N) is 1. The quantitative estimate of drug-likeness (QED) is 0.927. The monoisotopic (exact) mass is 285 g/mol. The Kier molecular flexibility index (Phi) is 3.16. The minimum absolute atomic E-state index is 0.251. The Morgan fingerprint density at radius 3 is 2.81 bits per heavy atom. The molecule has 21 heavy (non-hydrogen) atoms. The van der Waals surface area contributed by atoms with E-state index in [1.807, 2.05) is 6.07 Å². The SMILES string of the molecule is O=C(O)C1Cc2ccccc2N(CC2CC3CCC2C3)C1. The summed E-state index contributed by atoms with van der Waals surface area (Å²) in [5.74, 6) is 1.73. The van der Waals surface area contributed by atoms with Gasteiger partial charge in [0, 0.05) is 18.8 Å². The van der Waals surface area contributed by atoms with E-state index in [0.717, 1.165) is 24.3 Å². The minimum Gasteiger partial charge on any atom is -0.481 e. The van der Waals surface area contributed by atoms with Crippen LogP contribution in [0.3, 0.4) is 0 Å². The molecular weight excluding hydrogens is 262 g/mol. The second-order valence-electron chi connectivity index (χ2n) is 7.21. The normalized spacial score (nSPS) is 34.0. The Bertz CT molecular complexity index is 556. The average molecular weight is 285 g/mol. The zero-order chi connectivity index (χ0) is 14.4. The summed E-state index contributed by atoms with van der Waals surface area (Å²) in [5.41, 5.74) is 2.48. The van der Waals surface area contributed by atoms with Crippen LogP contribution in [0.2, 0.25) is 0 Å². The van der Waals surface area contributed by atoms with Gasteiger partial charge in [-0.15, -0.1) is 0 Å². The first-order valence-corrected chi connectivity index (χ1v) is 8.26. The van der Waals surface area contributed by atoms with Crippen molar-refractivity contribution in [2.24, 2.45) is 23.7 Å². The summed E-state index contributed by atoms with van der Waals surface area (Å²) >= 11 is 0. The van der Waals surface area contributed by atoms with Gasteiger partial charge in [-0.1, -0.05) is 24.6 Å². The van der Waals surface area contributed by atoms with Gasteiger partial charge in [-0.25, -0.2) is 0 Å². The number of hydrogen-bond donors (Lipinski definition) is 1. The average Bonchev–Trinajstić information content (AvgIpc) is 3.09. The van der Waals surface area contributed by atoms with Crippen LogP contribution >= 0.6 is 0 Å². The van der Waals surface area contributed by atoms with Crippen molar-refractivity contribution in [3.8, 4) is 0 Å². The first kappa shape index (κ1) is 13.2. The molecule has 4 unspecified atom stereocenters. The van der Waals surface area contributed by atoms with Crippen molar-refractivity contribution in [3.05, 3.63) is 29.8 Å². The standard InChI is InChI=1S/C18H23NO2/c20-18(21)16-9-14-3-1-2-4-17(14)19(11-16)10-15-8-12-5-6-13(15)7-12/h1-4,12-13,15-16H,5-11H2,(H,20,21). The van der Waals surface area contributed by atoms with E-state index in [2.05, 4.69) is 23.1 Å². The molecule has 3 aliphatic rings. The van der Waals surface area contributed by atoms with Gasteiger partial charge in [-0.05, 0) is 55.1 Å². The minimum atomic E-state index is -0.651. The number of rotatable bonds is 3. The van der Waals surface area contributed by atoms with Crippen LogP contribution in [-0.2, 0) is 11.2 Å². The smallest absolute Gasteiger partial charge is 0.308 e. The number of anilines is 1. The van der Waals surface area contributed by atoms with Crippen molar-refractivity contribution in [1.82, 2.24) is 0 Å². The molecule has 1 heterocycles. The summed E-state index contributed by atoms with van der Waals surface area (Å²) < 4.78 is 0. The highest BCUT2D eigenvalue weighted by Crippen LogP contribution is 2.49. The molecule has 1 N–H and O–H groups in total. The van der Waals surface area contributed by atoms with Crippen LogP contribution < -0.4 is 4.90 Å². The van der Waals surface area contributed by atoms with Gasteiger partial charge in [0.2, 0.25) is 0 Å². The highest BCUT2D eigenvalue weighted by Gasteiger charge is 2.41. The van der Waals surface area contributed by atoms with Crippen LogP contribution in [0, 0.1) is 23.7 Å². The summed E-state index contributed by atoms with van der Waals surface area (Å²) in [6.07, 6.45) is 6.28. The maximum absolute atomic E-state index is 11.4. The van der Waals surface area contributed by atoms with Crippen LogP contribution in [0.25, 0.3) is 0 Å². The molecule has 0 spiro atoms. The highest BCUT2D eigenvalue weighted by atomic mass is 16.4. The fourth-order valence-corrected chi connectivity index (χ4v) is 4.91. The highest BCUT2D eigenvalue weighted by molar-refractivity contribution is 5.73. The van der Waals surface area contributed by atoms with Crippen LogP contribution in [0.5, 0.6) is 0 Å². The van der Waals surface area contributed by atoms with E-state index in [0.29, 0.717) is 13.0 Å². The van der Waals surface area contributed by atoms with Gasteiger partial charge in [0.15, 0.2) is 0 Å². The van der Waals surface area contributed by atoms with Crippen LogP contribution in [0.1, 0.15) is 31.2 Å². The van der Waals surface area contributed by atoms with E-state index in [-0.39, 0.29) is 5.92 Å². The van der Waals surface area contributed by atoms with Crippen molar-refractivity contribution in [2.75, 3.05) is 18.0 Å². The molecule has 1 aliphatic heterocycles. The van der Waals surface area contributed by atoms with E-state index < -0.39 is 5.97 Å². The van der Waals surface area contributed by atoms with Gasteiger partial charge in [0.05, 0.1) is 5.92 Å². The third-order valence-corrected chi connectivity index (χ3v) is 5.93. The van der Waals surface area contributed by atoms with Gasteiger partial charge in [-0.2, -0.15) is 0 Å². The number of aliphatic carboxylic acids is 1. The molecule has 0 saturated heterocycles. The first-order chi connectivity index (χ1) is 10.2. The zero-order valence-electron chi connectivity index (χ0n) is 12.4. The molecule has 0 radical (unpaired) electrons. The van der Waals surface area contributed by atoms with Gasteiger partial charge < -0.3 is 10.0 Å². The molecule has 2 bridgehead atoms. The predicted octanol–water partition coefficient (Wildman–Crippen LogP) is 3.19. The van der Waals surface area contributed by atoms with E-state index >= 15 is 0 Å². The molecule has 3 nitrogen and oxygen atoms in total. The summed E-state index contributed by atoms with van der Waals surface area (Å²) in [5, 5.41) is 9.42. The summed E-state index contributed by atoms with van der Waals surface area (Å²) in [6, 6.07) is 8.37. The molecule has 0 aromatic heterocycles. The summed E-state index contributed by atoms with van der Waals surface area (Å²) in [4.78, 5) is 13.8. The van der Waals surface area contributed by atoms with E-state index in [4.69, 9.17) is 0 Å². The number of fused-ring (bicyclic) bond motifs is 3. The molecule has 0 amide bonds. The largest absolute Gasteiger partial charge is 0.481 e. The molecule has 1 aromatic carbocycles. The second kappa shape index (κ2) is 5.04. The molecule has 2 aliphatic carbocycles. The van der Waals surface area contributed by atoms with Gasteiger partial charge >= 0.3 is 5.97 Å². The third-order valence-electron chi connectivity index (χ3n) is 5.93.